The monoisotopic (exact) mass is 279 g/mol. The molecule has 0 amide bonds. The molecule has 2 N–H and O–H groups in total. The standard InChI is InChI=1S/C15H21NO2S/c1-5-6-7-10(2)16-14(19)13-11(17)8-15(3,4)9-12(13)18/h5-7,17H,8-9H2,1-4H3,(H,16,19)/b6-5-,10-7+. The van der Waals surface area contributed by atoms with Crippen molar-refractivity contribution in [3.8, 4) is 0 Å². The fourth-order valence-corrected chi connectivity index (χ4v) is 2.46. The van der Waals surface area contributed by atoms with Gasteiger partial charge in [-0.3, -0.25) is 4.79 Å². The van der Waals surface area contributed by atoms with E-state index in [1.54, 1.807) is 0 Å². The van der Waals surface area contributed by atoms with Crippen LogP contribution in [0.25, 0.3) is 0 Å². The van der Waals surface area contributed by atoms with Crippen molar-refractivity contribution in [3.63, 3.8) is 0 Å². The Morgan fingerprint density at radius 1 is 1.42 bits per heavy atom. The van der Waals surface area contributed by atoms with Crippen molar-refractivity contribution in [3.05, 3.63) is 35.3 Å². The molecule has 0 unspecified atom stereocenters. The first kappa shape index (κ1) is 15.6. The number of hydrogen-bond acceptors (Lipinski definition) is 3. The number of ketones is 1. The highest BCUT2D eigenvalue weighted by Gasteiger charge is 2.34. The SMILES string of the molecule is C/C=C\C=C(/C)NC(=S)C1=C(O)CC(C)(C)CC1=O. The predicted molar refractivity (Wildman–Crippen MR) is 82.0 cm³/mol. The second-order valence-electron chi connectivity index (χ2n) is 5.59. The van der Waals surface area contributed by atoms with Crippen molar-refractivity contribution in [1.82, 2.24) is 5.32 Å². The first-order chi connectivity index (χ1) is 8.76. The van der Waals surface area contributed by atoms with E-state index < -0.39 is 0 Å². The molecule has 0 aromatic carbocycles. The summed E-state index contributed by atoms with van der Waals surface area (Å²) in [6, 6.07) is 0. The summed E-state index contributed by atoms with van der Waals surface area (Å²) < 4.78 is 0. The zero-order chi connectivity index (χ0) is 14.6. The molecule has 0 bridgehead atoms. The van der Waals surface area contributed by atoms with E-state index in [-0.39, 0.29) is 22.5 Å². The van der Waals surface area contributed by atoms with Gasteiger partial charge in [-0.05, 0) is 25.3 Å². The number of aliphatic hydroxyl groups is 1. The van der Waals surface area contributed by atoms with Crippen molar-refractivity contribution in [2.75, 3.05) is 0 Å². The Bertz CT molecular complexity index is 484. The largest absolute Gasteiger partial charge is 0.511 e. The summed E-state index contributed by atoms with van der Waals surface area (Å²) in [5.41, 5.74) is 0.902. The normalized spacial score (nSPS) is 20.0. The smallest absolute Gasteiger partial charge is 0.169 e. The summed E-state index contributed by atoms with van der Waals surface area (Å²) in [6.07, 6.45) is 6.53. The number of allylic oxidation sites excluding steroid dienone is 5. The van der Waals surface area contributed by atoms with E-state index in [1.807, 2.05) is 45.9 Å². The molecule has 104 valence electrons. The Kier molecular flexibility index (Phi) is 5.06. The van der Waals surface area contributed by atoms with Gasteiger partial charge in [0.25, 0.3) is 0 Å². The van der Waals surface area contributed by atoms with Gasteiger partial charge in [-0.25, -0.2) is 0 Å². The van der Waals surface area contributed by atoms with Crippen molar-refractivity contribution in [2.24, 2.45) is 5.41 Å². The lowest BCUT2D eigenvalue weighted by molar-refractivity contribution is -0.117. The lowest BCUT2D eigenvalue weighted by Gasteiger charge is -2.29. The van der Waals surface area contributed by atoms with Crippen LogP contribution >= 0.6 is 12.2 Å². The molecule has 1 aliphatic carbocycles. The highest BCUT2D eigenvalue weighted by Crippen LogP contribution is 2.35. The molecule has 0 fully saturated rings. The predicted octanol–water partition coefficient (Wildman–Crippen LogP) is 3.58. The van der Waals surface area contributed by atoms with Gasteiger partial charge in [0.15, 0.2) is 5.78 Å². The third kappa shape index (κ3) is 4.31. The highest BCUT2D eigenvalue weighted by atomic mass is 32.1. The van der Waals surface area contributed by atoms with Crippen LogP contribution in [0.5, 0.6) is 0 Å². The molecule has 1 rings (SSSR count). The average Bonchev–Trinajstić information content (AvgIpc) is 2.23. The quantitative estimate of drug-likeness (QED) is 0.612. The minimum Gasteiger partial charge on any atom is -0.511 e. The summed E-state index contributed by atoms with van der Waals surface area (Å²) in [6.45, 7) is 7.71. The maximum atomic E-state index is 12.1. The third-order valence-electron chi connectivity index (χ3n) is 2.93. The van der Waals surface area contributed by atoms with E-state index >= 15 is 0 Å². The second kappa shape index (κ2) is 6.15. The molecule has 0 aliphatic heterocycles. The fourth-order valence-electron chi connectivity index (χ4n) is 2.07. The minimum absolute atomic E-state index is 0.0925. The molecule has 0 spiro atoms. The van der Waals surface area contributed by atoms with Crippen LogP contribution in [0.2, 0.25) is 0 Å². The average molecular weight is 279 g/mol. The molecular formula is C15H21NO2S. The number of carbonyl (C=O) groups excluding carboxylic acids is 1. The molecule has 3 nitrogen and oxygen atoms in total. The topological polar surface area (TPSA) is 49.3 Å². The summed E-state index contributed by atoms with van der Waals surface area (Å²) in [4.78, 5) is 12.4. The number of carbonyl (C=O) groups is 1. The van der Waals surface area contributed by atoms with Gasteiger partial charge < -0.3 is 10.4 Å². The van der Waals surface area contributed by atoms with E-state index in [2.05, 4.69) is 5.32 Å². The molecular weight excluding hydrogens is 258 g/mol. The van der Waals surface area contributed by atoms with Crippen molar-refractivity contribution in [2.45, 2.75) is 40.5 Å². The van der Waals surface area contributed by atoms with Gasteiger partial charge in [0.1, 0.15) is 10.7 Å². The molecule has 0 aromatic rings. The third-order valence-corrected chi connectivity index (χ3v) is 3.24. The molecule has 0 atom stereocenters. The van der Waals surface area contributed by atoms with Gasteiger partial charge in [-0.2, -0.15) is 0 Å². The Hall–Kier alpha value is -1.42. The molecule has 0 saturated heterocycles. The van der Waals surface area contributed by atoms with E-state index in [0.29, 0.717) is 17.8 Å². The van der Waals surface area contributed by atoms with E-state index in [1.165, 1.54) is 0 Å². The Balaban J connectivity index is 2.91. The Morgan fingerprint density at radius 3 is 2.58 bits per heavy atom. The van der Waals surface area contributed by atoms with Crippen molar-refractivity contribution < 1.29 is 9.90 Å². The minimum atomic E-state index is -0.198. The zero-order valence-corrected chi connectivity index (χ0v) is 12.7. The molecule has 0 aromatic heterocycles. The van der Waals surface area contributed by atoms with Crippen molar-refractivity contribution >= 4 is 23.0 Å². The molecule has 0 radical (unpaired) electrons. The van der Waals surface area contributed by atoms with Gasteiger partial charge in [0.05, 0.1) is 5.57 Å². The Morgan fingerprint density at radius 2 is 2.05 bits per heavy atom. The number of aliphatic hydroxyl groups excluding tert-OH is 1. The molecule has 1 aliphatic rings. The van der Waals surface area contributed by atoms with E-state index in [9.17, 15) is 9.90 Å². The van der Waals surface area contributed by atoms with Crippen molar-refractivity contribution in [1.29, 1.82) is 0 Å². The number of hydrogen-bond donors (Lipinski definition) is 2. The second-order valence-corrected chi connectivity index (χ2v) is 6.00. The lowest BCUT2D eigenvalue weighted by Crippen LogP contribution is -2.33. The molecule has 19 heavy (non-hydrogen) atoms. The van der Waals surface area contributed by atoms with Gasteiger partial charge in [-0.15, -0.1) is 0 Å². The number of Topliss-reactive ketones (excluding diaryl/α,β-unsaturated/α-hetero) is 1. The molecule has 0 saturated carbocycles. The van der Waals surface area contributed by atoms with Crippen LogP contribution in [-0.2, 0) is 4.79 Å². The maximum absolute atomic E-state index is 12.1. The summed E-state index contributed by atoms with van der Waals surface area (Å²) in [7, 11) is 0. The van der Waals surface area contributed by atoms with Crippen LogP contribution in [-0.4, -0.2) is 15.9 Å². The zero-order valence-electron chi connectivity index (χ0n) is 11.9. The Labute approximate surface area is 120 Å². The van der Waals surface area contributed by atoms with Gasteiger partial charge in [0.2, 0.25) is 0 Å². The summed E-state index contributed by atoms with van der Waals surface area (Å²) in [5, 5.41) is 13.0. The lowest BCUT2D eigenvalue weighted by atomic mass is 9.76. The first-order valence-corrected chi connectivity index (χ1v) is 6.74. The summed E-state index contributed by atoms with van der Waals surface area (Å²) >= 11 is 5.22. The maximum Gasteiger partial charge on any atom is 0.169 e. The van der Waals surface area contributed by atoms with E-state index in [0.717, 1.165) is 5.70 Å². The van der Waals surface area contributed by atoms with Gasteiger partial charge in [-0.1, -0.05) is 38.2 Å². The number of rotatable bonds is 3. The highest BCUT2D eigenvalue weighted by molar-refractivity contribution is 7.80. The van der Waals surface area contributed by atoms with Crippen LogP contribution in [0.1, 0.15) is 40.5 Å². The van der Waals surface area contributed by atoms with E-state index in [4.69, 9.17) is 12.2 Å². The van der Waals surface area contributed by atoms with Crippen LogP contribution in [0, 0.1) is 5.41 Å². The van der Waals surface area contributed by atoms with Crippen LogP contribution in [0.3, 0.4) is 0 Å². The number of nitrogens with one attached hydrogen (secondary N) is 1. The van der Waals surface area contributed by atoms with Crippen LogP contribution in [0.15, 0.2) is 35.3 Å². The van der Waals surface area contributed by atoms with Crippen LogP contribution < -0.4 is 5.32 Å². The molecule has 0 heterocycles. The van der Waals surface area contributed by atoms with Gasteiger partial charge in [0, 0.05) is 18.5 Å². The fraction of sp³-hybridized carbons (Fsp3) is 0.467. The summed E-state index contributed by atoms with van der Waals surface area (Å²) in [5.74, 6) is 0.00247. The van der Waals surface area contributed by atoms with Gasteiger partial charge >= 0.3 is 0 Å². The first-order valence-electron chi connectivity index (χ1n) is 6.33. The van der Waals surface area contributed by atoms with Crippen LogP contribution in [0.4, 0.5) is 0 Å². The molecule has 4 heteroatoms. The number of thiocarbonyl (C=S) groups is 1.